The average molecular weight is 415 g/mol. The zero-order valence-corrected chi connectivity index (χ0v) is 16.8. The van der Waals surface area contributed by atoms with Gasteiger partial charge in [-0.05, 0) is 41.8 Å². The number of rotatable bonds is 4. The van der Waals surface area contributed by atoms with Gasteiger partial charge < -0.3 is 9.72 Å². The van der Waals surface area contributed by atoms with Crippen LogP contribution < -0.4 is 4.74 Å². The van der Waals surface area contributed by atoms with E-state index in [1.54, 1.807) is 0 Å². The smallest absolute Gasteiger partial charge is 0.317 e. The number of ether oxygens (including phenoxy) is 1. The molecule has 0 spiro atoms. The highest BCUT2D eigenvalue weighted by atomic mass is 35.5. The number of esters is 1. The Morgan fingerprint density at radius 3 is 2.27 bits per heavy atom. The van der Waals surface area contributed by atoms with Crippen LogP contribution in [0.3, 0.4) is 0 Å². The van der Waals surface area contributed by atoms with Gasteiger partial charge in [-0.15, -0.1) is 0 Å². The molecule has 0 radical (unpaired) electrons. The van der Waals surface area contributed by atoms with Crippen LogP contribution in [-0.2, 0) is 11.2 Å². The number of fused-ring (bicyclic) bond motifs is 1. The second-order valence-corrected chi connectivity index (χ2v) is 7.85. The minimum atomic E-state index is -0.346. The number of benzene rings is 3. The van der Waals surface area contributed by atoms with Crippen molar-refractivity contribution < 1.29 is 9.53 Å². The van der Waals surface area contributed by atoms with Crippen LogP contribution in [0.25, 0.3) is 11.4 Å². The quantitative estimate of drug-likeness (QED) is 0.439. The van der Waals surface area contributed by atoms with Crippen molar-refractivity contribution in [2.45, 2.75) is 12.3 Å². The van der Waals surface area contributed by atoms with Gasteiger partial charge in [0.2, 0.25) is 5.88 Å². The summed E-state index contributed by atoms with van der Waals surface area (Å²) in [6, 6.07) is 27.5. The normalized spacial score (nSPS) is 18.0. The summed E-state index contributed by atoms with van der Waals surface area (Å²) in [6.07, 6.45) is 0.591. The molecule has 148 valence electrons. The molecule has 30 heavy (non-hydrogen) atoms. The van der Waals surface area contributed by atoms with Crippen molar-refractivity contribution in [2.75, 3.05) is 0 Å². The first-order valence-electron chi connectivity index (χ1n) is 9.85. The minimum absolute atomic E-state index is 0.170. The minimum Gasteiger partial charge on any atom is -0.405 e. The monoisotopic (exact) mass is 414 g/mol. The summed E-state index contributed by atoms with van der Waals surface area (Å²) < 4.78 is 5.69. The SMILES string of the molecule is O=C1Oc2nc(-c3ccc(Cl)cc3)[nH]c2[C@H](c2ccccc2)[C@@H]1Cc1ccccc1. The molecule has 5 rings (SSSR count). The zero-order valence-electron chi connectivity index (χ0n) is 16.1. The molecule has 2 atom stereocenters. The molecule has 0 amide bonds. The number of hydrogen-bond donors (Lipinski definition) is 1. The van der Waals surface area contributed by atoms with Crippen LogP contribution in [0.15, 0.2) is 84.9 Å². The molecule has 0 bridgehead atoms. The highest BCUT2D eigenvalue weighted by molar-refractivity contribution is 6.30. The lowest BCUT2D eigenvalue weighted by Gasteiger charge is -2.29. The molecule has 1 aromatic heterocycles. The first-order valence-corrected chi connectivity index (χ1v) is 10.2. The molecule has 2 heterocycles. The van der Waals surface area contributed by atoms with Gasteiger partial charge in [0.1, 0.15) is 5.82 Å². The maximum absolute atomic E-state index is 13.0. The number of H-pyrrole nitrogens is 1. The molecule has 0 saturated carbocycles. The Kier molecular flexibility index (Phi) is 4.85. The van der Waals surface area contributed by atoms with E-state index in [1.807, 2.05) is 84.9 Å². The van der Waals surface area contributed by atoms with E-state index in [0.29, 0.717) is 23.1 Å². The molecule has 0 saturated heterocycles. The fourth-order valence-corrected chi connectivity index (χ4v) is 4.17. The Morgan fingerprint density at radius 2 is 1.57 bits per heavy atom. The van der Waals surface area contributed by atoms with Gasteiger partial charge >= 0.3 is 5.97 Å². The van der Waals surface area contributed by atoms with Crippen LogP contribution >= 0.6 is 11.6 Å². The Balaban J connectivity index is 1.60. The highest BCUT2D eigenvalue weighted by Gasteiger charge is 2.41. The van der Waals surface area contributed by atoms with Crippen LogP contribution in [0.4, 0.5) is 0 Å². The molecule has 5 heteroatoms. The summed E-state index contributed by atoms with van der Waals surface area (Å²) in [5, 5.41) is 0.659. The van der Waals surface area contributed by atoms with E-state index in [-0.39, 0.29) is 17.8 Å². The van der Waals surface area contributed by atoms with Gasteiger partial charge in [0, 0.05) is 16.5 Å². The van der Waals surface area contributed by atoms with Crippen LogP contribution in [0, 0.1) is 5.92 Å². The molecule has 1 aliphatic heterocycles. The average Bonchev–Trinajstić information content (AvgIpc) is 3.19. The summed E-state index contributed by atoms with van der Waals surface area (Å²) in [5.74, 6) is 0.236. The van der Waals surface area contributed by atoms with Gasteiger partial charge in [-0.3, -0.25) is 4.79 Å². The third kappa shape index (κ3) is 3.51. The van der Waals surface area contributed by atoms with Crippen LogP contribution in [0.5, 0.6) is 5.88 Å². The molecular formula is C25H19ClN2O2. The number of aromatic amines is 1. The van der Waals surface area contributed by atoms with Crippen LogP contribution in [-0.4, -0.2) is 15.9 Å². The Labute approximate surface area is 179 Å². The third-order valence-corrected chi connectivity index (χ3v) is 5.74. The Morgan fingerprint density at radius 1 is 0.900 bits per heavy atom. The second kappa shape index (κ2) is 7.81. The van der Waals surface area contributed by atoms with E-state index >= 15 is 0 Å². The molecule has 0 fully saturated rings. The van der Waals surface area contributed by atoms with Crippen LogP contribution in [0.1, 0.15) is 22.7 Å². The molecule has 3 aromatic carbocycles. The predicted molar refractivity (Wildman–Crippen MR) is 117 cm³/mol. The summed E-state index contributed by atoms with van der Waals surface area (Å²) in [6.45, 7) is 0. The van der Waals surface area contributed by atoms with Gasteiger partial charge in [-0.2, -0.15) is 4.98 Å². The summed E-state index contributed by atoms with van der Waals surface area (Å²) in [7, 11) is 0. The largest absolute Gasteiger partial charge is 0.405 e. The maximum Gasteiger partial charge on any atom is 0.317 e. The van der Waals surface area contributed by atoms with E-state index in [4.69, 9.17) is 16.3 Å². The van der Waals surface area contributed by atoms with Crippen molar-refractivity contribution in [1.29, 1.82) is 0 Å². The summed E-state index contributed by atoms with van der Waals surface area (Å²) in [4.78, 5) is 21.0. The first kappa shape index (κ1) is 18.6. The third-order valence-electron chi connectivity index (χ3n) is 5.49. The van der Waals surface area contributed by atoms with Gasteiger partial charge in [0.25, 0.3) is 0 Å². The highest BCUT2D eigenvalue weighted by Crippen LogP contribution is 2.43. The summed E-state index contributed by atoms with van der Waals surface area (Å²) >= 11 is 6.02. The van der Waals surface area contributed by atoms with Crippen molar-refractivity contribution in [3.63, 3.8) is 0 Å². The van der Waals surface area contributed by atoms with Crippen molar-refractivity contribution in [2.24, 2.45) is 5.92 Å². The Bertz CT molecular complexity index is 1170. The second-order valence-electron chi connectivity index (χ2n) is 7.42. The van der Waals surface area contributed by atoms with E-state index in [2.05, 4.69) is 9.97 Å². The van der Waals surface area contributed by atoms with Crippen molar-refractivity contribution in [1.82, 2.24) is 9.97 Å². The molecule has 4 nitrogen and oxygen atoms in total. The number of carbonyl (C=O) groups is 1. The first-order chi connectivity index (χ1) is 14.7. The van der Waals surface area contributed by atoms with Gasteiger partial charge in [-0.25, -0.2) is 0 Å². The lowest BCUT2D eigenvalue weighted by atomic mass is 9.79. The molecule has 0 aliphatic carbocycles. The van der Waals surface area contributed by atoms with E-state index < -0.39 is 0 Å². The van der Waals surface area contributed by atoms with Crippen molar-refractivity contribution in [3.05, 3.63) is 107 Å². The number of aromatic nitrogens is 2. The Hall–Kier alpha value is -3.37. The molecule has 4 aromatic rings. The maximum atomic E-state index is 13.0. The predicted octanol–water partition coefficient (Wildman–Crippen LogP) is 5.64. The van der Waals surface area contributed by atoms with Gasteiger partial charge in [0.15, 0.2) is 0 Å². The number of nitrogens with zero attached hydrogens (tertiary/aromatic N) is 1. The lowest BCUT2D eigenvalue weighted by molar-refractivity contribution is -0.141. The van der Waals surface area contributed by atoms with Crippen molar-refractivity contribution >= 4 is 17.6 Å². The number of nitrogens with one attached hydrogen (secondary N) is 1. The fraction of sp³-hybridized carbons (Fsp3) is 0.120. The molecule has 1 aliphatic rings. The number of hydrogen-bond acceptors (Lipinski definition) is 3. The molecule has 1 N–H and O–H groups in total. The lowest BCUT2D eigenvalue weighted by Crippen LogP contribution is -2.34. The van der Waals surface area contributed by atoms with E-state index in [1.165, 1.54) is 0 Å². The zero-order chi connectivity index (χ0) is 20.5. The standard InChI is InChI=1S/C25H19ClN2O2/c26-19-13-11-18(12-14-19)23-27-22-21(17-9-5-2-6-10-17)20(25(29)30-24(22)28-23)15-16-7-3-1-4-8-16/h1-14,20-21H,15H2,(H,27,28)/t20-,21+/m0/s1. The molecule has 0 unspecified atom stereocenters. The molecular weight excluding hydrogens is 396 g/mol. The number of carbonyl (C=O) groups excluding carboxylic acids is 1. The summed E-state index contributed by atoms with van der Waals surface area (Å²) in [5.41, 5.74) is 3.87. The van der Waals surface area contributed by atoms with Gasteiger partial charge in [-0.1, -0.05) is 72.3 Å². The number of halogens is 1. The topological polar surface area (TPSA) is 55.0 Å². The van der Waals surface area contributed by atoms with Crippen LogP contribution in [0.2, 0.25) is 5.02 Å². The van der Waals surface area contributed by atoms with E-state index in [0.717, 1.165) is 22.4 Å². The number of imidazole rings is 1. The van der Waals surface area contributed by atoms with E-state index in [9.17, 15) is 4.79 Å². The van der Waals surface area contributed by atoms with Crippen molar-refractivity contribution in [3.8, 4) is 17.3 Å². The fourth-order valence-electron chi connectivity index (χ4n) is 4.04. The van der Waals surface area contributed by atoms with Gasteiger partial charge in [0.05, 0.1) is 11.6 Å².